The van der Waals surface area contributed by atoms with Gasteiger partial charge in [-0.25, -0.2) is 0 Å². The van der Waals surface area contributed by atoms with Gasteiger partial charge in [0.05, 0.1) is 10.6 Å². The summed E-state index contributed by atoms with van der Waals surface area (Å²) in [7, 11) is 0. The first kappa shape index (κ1) is 19.4. The van der Waals surface area contributed by atoms with Crippen LogP contribution in [0.5, 0.6) is 0 Å². The molecule has 0 saturated heterocycles. The van der Waals surface area contributed by atoms with Crippen LogP contribution in [0.3, 0.4) is 0 Å². The van der Waals surface area contributed by atoms with E-state index in [-0.39, 0.29) is 10.0 Å². The molecule has 1 unspecified atom stereocenters. The predicted octanol–water partition coefficient (Wildman–Crippen LogP) is 5.37. The molecule has 3 rings (SSSR count). The zero-order valence-electron chi connectivity index (χ0n) is 13.0. The second kappa shape index (κ2) is 6.66. The maximum atomic E-state index is 14.4. The molecular formula is C16H8Cl2F4N2O3. The normalized spacial score (nSPS) is 19.6. The lowest BCUT2D eigenvalue weighted by Gasteiger charge is -2.28. The van der Waals surface area contributed by atoms with Gasteiger partial charge in [-0.15, -0.1) is 0 Å². The van der Waals surface area contributed by atoms with Crippen LogP contribution in [0.4, 0.5) is 23.2 Å². The Kier molecular flexibility index (Phi) is 4.79. The highest BCUT2D eigenvalue weighted by Gasteiger charge is 2.60. The lowest BCUT2D eigenvalue weighted by atomic mass is 9.91. The molecule has 27 heavy (non-hydrogen) atoms. The van der Waals surface area contributed by atoms with Gasteiger partial charge >= 0.3 is 11.9 Å². The average Bonchev–Trinajstić information content (AvgIpc) is 3.00. The summed E-state index contributed by atoms with van der Waals surface area (Å²) >= 11 is 11.6. The van der Waals surface area contributed by atoms with Crippen molar-refractivity contribution in [2.75, 3.05) is 0 Å². The molecule has 2 aromatic rings. The highest BCUT2D eigenvalue weighted by molar-refractivity contribution is 6.34. The van der Waals surface area contributed by atoms with E-state index in [1.165, 1.54) is 6.07 Å². The Bertz CT molecular complexity index is 945. The smallest absolute Gasteiger partial charge is 0.265 e. The standard InChI is InChI=1S/C16H8Cl2F4N2O3/c17-9-4-8(5-10(18)6-9)15(16(20,21)22)7-12(23-27-15)11-2-1-3-13(14(11)19)24(25)26/h1-7,23H. The predicted molar refractivity (Wildman–Crippen MR) is 89.4 cm³/mol. The summed E-state index contributed by atoms with van der Waals surface area (Å²) in [4.78, 5) is 14.7. The molecule has 0 aliphatic carbocycles. The van der Waals surface area contributed by atoms with E-state index in [1.807, 2.05) is 5.48 Å². The molecule has 1 aliphatic heterocycles. The molecule has 1 heterocycles. The maximum Gasteiger partial charge on any atom is 0.428 e. The largest absolute Gasteiger partial charge is 0.428 e. The van der Waals surface area contributed by atoms with E-state index in [4.69, 9.17) is 28.0 Å². The van der Waals surface area contributed by atoms with Gasteiger partial charge in [0, 0.05) is 27.2 Å². The van der Waals surface area contributed by atoms with Gasteiger partial charge in [0.25, 0.3) is 0 Å². The first-order chi connectivity index (χ1) is 12.5. The number of nitrogens with zero attached hydrogens (tertiary/aromatic N) is 1. The fourth-order valence-electron chi connectivity index (χ4n) is 2.61. The fourth-order valence-corrected chi connectivity index (χ4v) is 3.14. The average molecular weight is 423 g/mol. The lowest BCUT2D eigenvalue weighted by Crippen LogP contribution is -2.42. The molecule has 142 valence electrons. The number of hydrogen-bond acceptors (Lipinski definition) is 4. The first-order valence-electron chi connectivity index (χ1n) is 7.18. The van der Waals surface area contributed by atoms with Gasteiger partial charge in [0.15, 0.2) is 0 Å². The minimum atomic E-state index is -4.98. The highest BCUT2D eigenvalue weighted by atomic mass is 35.5. The summed E-state index contributed by atoms with van der Waals surface area (Å²) in [6.07, 6.45) is -4.40. The van der Waals surface area contributed by atoms with Crippen LogP contribution in [-0.2, 0) is 10.4 Å². The van der Waals surface area contributed by atoms with Gasteiger partial charge in [0.1, 0.15) is 0 Å². The SMILES string of the molecule is O=[N+]([O-])c1cccc(C2=CC(c3cc(Cl)cc(Cl)c3)(C(F)(F)F)ON2)c1F. The molecule has 1 aliphatic rings. The van der Waals surface area contributed by atoms with Crippen molar-refractivity contribution in [3.05, 3.63) is 79.6 Å². The Labute approximate surface area is 159 Å². The van der Waals surface area contributed by atoms with Crippen LogP contribution in [0, 0.1) is 15.9 Å². The molecule has 1 N–H and O–H groups in total. The topological polar surface area (TPSA) is 64.4 Å². The van der Waals surface area contributed by atoms with E-state index in [9.17, 15) is 27.7 Å². The second-order valence-corrected chi connectivity index (χ2v) is 6.42. The third-order valence-corrected chi connectivity index (χ3v) is 4.28. The molecule has 0 spiro atoms. The minimum Gasteiger partial charge on any atom is -0.265 e. The van der Waals surface area contributed by atoms with Crippen LogP contribution >= 0.6 is 23.2 Å². The Morgan fingerprint density at radius 1 is 1.15 bits per heavy atom. The molecular weight excluding hydrogens is 415 g/mol. The van der Waals surface area contributed by atoms with Crippen molar-refractivity contribution < 1.29 is 27.3 Å². The number of halogens is 6. The van der Waals surface area contributed by atoms with E-state index in [0.717, 1.165) is 30.3 Å². The molecule has 5 nitrogen and oxygen atoms in total. The van der Waals surface area contributed by atoms with Crippen LogP contribution in [0.25, 0.3) is 5.70 Å². The molecule has 0 amide bonds. The van der Waals surface area contributed by atoms with Crippen molar-refractivity contribution in [1.82, 2.24) is 5.48 Å². The molecule has 1 atom stereocenters. The van der Waals surface area contributed by atoms with Crippen LogP contribution in [0.15, 0.2) is 42.5 Å². The third kappa shape index (κ3) is 3.33. The van der Waals surface area contributed by atoms with E-state index in [0.29, 0.717) is 6.08 Å². The van der Waals surface area contributed by atoms with E-state index < -0.39 is 45.0 Å². The Morgan fingerprint density at radius 3 is 2.33 bits per heavy atom. The van der Waals surface area contributed by atoms with Gasteiger partial charge in [0.2, 0.25) is 11.4 Å². The van der Waals surface area contributed by atoms with E-state index >= 15 is 0 Å². The zero-order chi connectivity index (χ0) is 20.0. The molecule has 0 radical (unpaired) electrons. The van der Waals surface area contributed by atoms with Gasteiger partial charge in [-0.3, -0.25) is 20.4 Å². The number of hydrogen-bond donors (Lipinski definition) is 1. The third-order valence-electron chi connectivity index (χ3n) is 3.85. The van der Waals surface area contributed by atoms with Crippen LogP contribution < -0.4 is 5.48 Å². The van der Waals surface area contributed by atoms with Crippen molar-refractivity contribution in [3.8, 4) is 0 Å². The lowest BCUT2D eigenvalue weighted by molar-refractivity contribution is -0.387. The summed E-state index contributed by atoms with van der Waals surface area (Å²) in [5.41, 5.74) is -3.22. The van der Waals surface area contributed by atoms with Crippen molar-refractivity contribution in [2.24, 2.45) is 0 Å². The molecule has 11 heteroatoms. The molecule has 0 fully saturated rings. The van der Waals surface area contributed by atoms with Gasteiger partial charge < -0.3 is 0 Å². The molecule has 0 bridgehead atoms. The summed E-state index contributed by atoms with van der Waals surface area (Å²) in [6, 6.07) is 6.37. The molecule has 0 aromatic heterocycles. The number of alkyl halides is 3. The Hall–Kier alpha value is -2.36. The van der Waals surface area contributed by atoms with Crippen molar-refractivity contribution in [2.45, 2.75) is 11.8 Å². The van der Waals surface area contributed by atoms with Crippen LogP contribution in [0.1, 0.15) is 11.1 Å². The Morgan fingerprint density at radius 2 is 1.78 bits per heavy atom. The fraction of sp³-hybridized carbons (Fsp3) is 0.125. The van der Waals surface area contributed by atoms with E-state index in [2.05, 4.69) is 0 Å². The molecule has 2 aromatic carbocycles. The monoisotopic (exact) mass is 422 g/mol. The van der Waals surface area contributed by atoms with Crippen LogP contribution in [-0.4, -0.2) is 11.1 Å². The quantitative estimate of drug-likeness (QED) is 0.410. The number of nitro groups is 1. The van der Waals surface area contributed by atoms with Crippen molar-refractivity contribution in [1.29, 1.82) is 0 Å². The summed E-state index contributed by atoms with van der Waals surface area (Å²) in [5.74, 6) is -1.30. The van der Waals surface area contributed by atoms with Crippen molar-refractivity contribution in [3.63, 3.8) is 0 Å². The van der Waals surface area contributed by atoms with Gasteiger partial charge in [-0.2, -0.15) is 17.6 Å². The number of nitrogens with one attached hydrogen (secondary N) is 1. The summed E-state index contributed by atoms with van der Waals surface area (Å²) < 4.78 is 55.9. The van der Waals surface area contributed by atoms with Gasteiger partial charge in [-0.1, -0.05) is 29.3 Å². The number of hydroxylamine groups is 1. The number of nitro benzene ring substituents is 1. The number of rotatable bonds is 3. The summed E-state index contributed by atoms with van der Waals surface area (Å²) in [5, 5.41) is 10.7. The highest BCUT2D eigenvalue weighted by Crippen LogP contribution is 2.48. The second-order valence-electron chi connectivity index (χ2n) is 5.55. The minimum absolute atomic E-state index is 0.0619. The first-order valence-corrected chi connectivity index (χ1v) is 7.94. The van der Waals surface area contributed by atoms with E-state index in [1.54, 1.807) is 0 Å². The molecule has 0 saturated carbocycles. The Balaban J connectivity index is 2.19. The maximum absolute atomic E-state index is 14.4. The van der Waals surface area contributed by atoms with Crippen molar-refractivity contribution >= 4 is 34.6 Å². The van der Waals surface area contributed by atoms with Crippen LogP contribution in [0.2, 0.25) is 10.0 Å². The van der Waals surface area contributed by atoms with Gasteiger partial charge in [-0.05, 0) is 30.3 Å². The summed E-state index contributed by atoms with van der Waals surface area (Å²) in [6.45, 7) is 0. The number of benzene rings is 2. The zero-order valence-corrected chi connectivity index (χ0v) is 14.5.